The Labute approximate surface area is 163 Å². The van der Waals surface area contributed by atoms with Crippen molar-refractivity contribution in [2.75, 3.05) is 0 Å². The van der Waals surface area contributed by atoms with E-state index in [2.05, 4.69) is 4.98 Å². The Morgan fingerprint density at radius 1 is 1.10 bits per heavy atom. The zero-order valence-electron chi connectivity index (χ0n) is 15.3. The first-order chi connectivity index (χ1) is 13.7. The van der Waals surface area contributed by atoms with Crippen LogP contribution in [0.1, 0.15) is 16.8 Å². The second-order valence-electron chi connectivity index (χ2n) is 6.76. The van der Waals surface area contributed by atoms with Gasteiger partial charge in [0.25, 0.3) is 5.56 Å². The number of hydrogen-bond acceptors (Lipinski definition) is 3. The van der Waals surface area contributed by atoms with E-state index in [4.69, 9.17) is 0 Å². The minimum absolute atomic E-state index is 0.0120. The molecule has 0 aliphatic carbocycles. The molecule has 8 heteroatoms. The van der Waals surface area contributed by atoms with Gasteiger partial charge in [0.15, 0.2) is 0 Å². The highest BCUT2D eigenvalue weighted by atomic mass is 19.4. The molecular formula is C21H16F3N3O2. The molecule has 4 rings (SSSR count). The fourth-order valence-corrected chi connectivity index (χ4v) is 3.27. The SMILES string of the molecule is Cc1cn(-c2ccc3c(=O)n(Cc4cccc(C(F)(F)F)c4)ccc3c2O)cn1. The van der Waals surface area contributed by atoms with Gasteiger partial charge in [0.1, 0.15) is 5.75 Å². The standard InChI is InChI=1S/C21H16F3N3O2/c1-13-10-27(12-25-13)18-6-5-17-16(19(18)28)7-8-26(20(17)29)11-14-3-2-4-15(9-14)21(22,23)24/h2-10,12,28H,11H2,1H3. The third kappa shape index (κ3) is 3.49. The Hall–Kier alpha value is -3.55. The van der Waals surface area contributed by atoms with Crippen LogP contribution in [0.15, 0.2) is 66.0 Å². The van der Waals surface area contributed by atoms with Crippen LogP contribution < -0.4 is 5.56 Å². The third-order valence-corrected chi connectivity index (χ3v) is 4.71. The predicted molar refractivity (Wildman–Crippen MR) is 102 cm³/mol. The van der Waals surface area contributed by atoms with Crippen molar-refractivity contribution in [2.45, 2.75) is 19.6 Å². The number of aromatic nitrogens is 3. The fraction of sp³-hybridized carbons (Fsp3) is 0.143. The van der Waals surface area contributed by atoms with Crippen LogP contribution in [0.4, 0.5) is 13.2 Å². The lowest BCUT2D eigenvalue weighted by Crippen LogP contribution is -2.20. The lowest BCUT2D eigenvalue weighted by molar-refractivity contribution is -0.137. The van der Waals surface area contributed by atoms with Gasteiger partial charge in [-0.15, -0.1) is 0 Å². The molecule has 0 radical (unpaired) electrons. The molecule has 0 aliphatic rings. The van der Waals surface area contributed by atoms with Crippen LogP contribution >= 0.6 is 0 Å². The zero-order valence-corrected chi connectivity index (χ0v) is 15.3. The van der Waals surface area contributed by atoms with Gasteiger partial charge in [0.2, 0.25) is 0 Å². The summed E-state index contributed by atoms with van der Waals surface area (Å²) in [5, 5.41) is 11.3. The molecule has 0 aliphatic heterocycles. The van der Waals surface area contributed by atoms with E-state index in [-0.39, 0.29) is 17.7 Å². The van der Waals surface area contributed by atoms with Gasteiger partial charge >= 0.3 is 6.18 Å². The summed E-state index contributed by atoms with van der Waals surface area (Å²) in [6, 6.07) is 9.64. The van der Waals surface area contributed by atoms with Gasteiger partial charge in [-0.25, -0.2) is 4.98 Å². The highest BCUT2D eigenvalue weighted by molar-refractivity contribution is 5.90. The zero-order chi connectivity index (χ0) is 20.8. The Balaban J connectivity index is 1.75. The monoisotopic (exact) mass is 399 g/mol. The lowest BCUT2D eigenvalue weighted by atomic mass is 10.1. The molecule has 0 atom stereocenters. The van der Waals surface area contributed by atoms with Gasteiger partial charge in [-0.1, -0.05) is 12.1 Å². The van der Waals surface area contributed by atoms with Gasteiger partial charge < -0.3 is 14.2 Å². The van der Waals surface area contributed by atoms with Crippen molar-refractivity contribution in [3.05, 3.63) is 88.4 Å². The molecule has 148 valence electrons. The highest BCUT2D eigenvalue weighted by Crippen LogP contribution is 2.31. The number of phenolic OH excluding ortho intramolecular Hbond substituents is 1. The molecule has 5 nitrogen and oxygen atoms in total. The van der Waals surface area contributed by atoms with Crippen LogP contribution in [0.25, 0.3) is 16.5 Å². The first kappa shape index (κ1) is 18.8. The first-order valence-corrected chi connectivity index (χ1v) is 8.76. The number of aryl methyl sites for hydroxylation is 1. The minimum atomic E-state index is -4.45. The number of benzene rings is 2. The number of fused-ring (bicyclic) bond motifs is 1. The number of rotatable bonds is 3. The van der Waals surface area contributed by atoms with Crippen molar-refractivity contribution in [2.24, 2.45) is 0 Å². The molecule has 2 heterocycles. The molecule has 2 aromatic carbocycles. The molecule has 0 saturated heterocycles. The van der Waals surface area contributed by atoms with Gasteiger partial charge in [0, 0.05) is 17.8 Å². The molecule has 0 spiro atoms. The summed E-state index contributed by atoms with van der Waals surface area (Å²) in [6.45, 7) is 1.81. The average molecular weight is 399 g/mol. The number of imidazole rings is 1. The summed E-state index contributed by atoms with van der Waals surface area (Å²) in [5.41, 5.74) is 0.454. The average Bonchev–Trinajstić information content (AvgIpc) is 3.10. The van der Waals surface area contributed by atoms with Crippen molar-refractivity contribution in [1.82, 2.24) is 14.1 Å². The van der Waals surface area contributed by atoms with E-state index in [1.165, 1.54) is 22.9 Å². The highest BCUT2D eigenvalue weighted by Gasteiger charge is 2.30. The van der Waals surface area contributed by atoms with E-state index in [0.29, 0.717) is 16.6 Å². The number of aromatic hydroxyl groups is 1. The van der Waals surface area contributed by atoms with Crippen LogP contribution in [-0.2, 0) is 12.7 Å². The molecule has 0 fully saturated rings. The summed E-state index contributed by atoms with van der Waals surface area (Å²) < 4.78 is 41.7. The van der Waals surface area contributed by atoms with E-state index in [1.807, 2.05) is 6.92 Å². The number of hydrogen-bond donors (Lipinski definition) is 1. The van der Waals surface area contributed by atoms with Crippen LogP contribution in [0, 0.1) is 6.92 Å². The second kappa shape index (κ2) is 6.80. The van der Waals surface area contributed by atoms with Crippen molar-refractivity contribution in [1.29, 1.82) is 0 Å². The van der Waals surface area contributed by atoms with Gasteiger partial charge in [-0.05, 0) is 42.8 Å². The topological polar surface area (TPSA) is 60.0 Å². The van der Waals surface area contributed by atoms with Gasteiger partial charge in [0.05, 0.1) is 35.2 Å². The Bertz CT molecular complexity index is 1270. The van der Waals surface area contributed by atoms with Crippen molar-refractivity contribution < 1.29 is 18.3 Å². The van der Waals surface area contributed by atoms with E-state index >= 15 is 0 Å². The summed E-state index contributed by atoms with van der Waals surface area (Å²) in [7, 11) is 0. The van der Waals surface area contributed by atoms with E-state index < -0.39 is 17.3 Å². The molecule has 0 saturated carbocycles. The Morgan fingerprint density at radius 3 is 2.59 bits per heavy atom. The molecular weight excluding hydrogens is 383 g/mol. The van der Waals surface area contributed by atoms with Crippen LogP contribution in [0.2, 0.25) is 0 Å². The number of alkyl halides is 3. The molecule has 29 heavy (non-hydrogen) atoms. The van der Waals surface area contributed by atoms with Crippen LogP contribution in [0.3, 0.4) is 0 Å². The first-order valence-electron chi connectivity index (χ1n) is 8.76. The van der Waals surface area contributed by atoms with E-state index in [9.17, 15) is 23.1 Å². The summed E-state index contributed by atoms with van der Waals surface area (Å²) >= 11 is 0. The number of nitrogens with zero attached hydrogens (tertiary/aromatic N) is 3. The Kier molecular flexibility index (Phi) is 4.41. The van der Waals surface area contributed by atoms with Crippen LogP contribution in [0.5, 0.6) is 5.75 Å². The molecule has 1 N–H and O–H groups in total. The van der Waals surface area contributed by atoms with E-state index in [0.717, 1.165) is 17.8 Å². The van der Waals surface area contributed by atoms with Gasteiger partial charge in [-0.2, -0.15) is 13.2 Å². The van der Waals surface area contributed by atoms with Crippen molar-refractivity contribution in [3.63, 3.8) is 0 Å². The van der Waals surface area contributed by atoms with E-state index in [1.54, 1.807) is 35.3 Å². The number of phenols is 1. The maximum absolute atomic E-state index is 12.9. The van der Waals surface area contributed by atoms with Crippen molar-refractivity contribution in [3.8, 4) is 11.4 Å². The maximum atomic E-state index is 12.9. The lowest BCUT2D eigenvalue weighted by Gasteiger charge is -2.12. The molecule has 0 bridgehead atoms. The second-order valence-corrected chi connectivity index (χ2v) is 6.76. The normalized spacial score (nSPS) is 11.9. The summed E-state index contributed by atoms with van der Waals surface area (Å²) in [4.78, 5) is 17.0. The third-order valence-electron chi connectivity index (χ3n) is 4.71. The molecule has 0 unspecified atom stereocenters. The fourth-order valence-electron chi connectivity index (χ4n) is 3.27. The minimum Gasteiger partial charge on any atom is -0.505 e. The maximum Gasteiger partial charge on any atom is 0.416 e. The smallest absolute Gasteiger partial charge is 0.416 e. The predicted octanol–water partition coefficient (Wildman–Crippen LogP) is 4.27. The van der Waals surface area contributed by atoms with Crippen LogP contribution in [-0.4, -0.2) is 19.2 Å². The molecule has 2 aromatic heterocycles. The Morgan fingerprint density at radius 2 is 1.90 bits per heavy atom. The summed E-state index contributed by atoms with van der Waals surface area (Å²) in [6.07, 6.45) is 0.326. The van der Waals surface area contributed by atoms with Gasteiger partial charge in [-0.3, -0.25) is 4.79 Å². The molecule has 0 amide bonds. The number of halogens is 3. The number of pyridine rings is 1. The van der Waals surface area contributed by atoms with Crippen molar-refractivity contribution >= 4 is 10.8 Å². The largest absolute Gasteiger partial charge is 0.505 e. The quantitative estimate of drug-likeness (QED) is 0.560. The summed E-state index contributed by atoms with van der Waals surface area (Å²) in [5.74, 6) is -0.0665. The molecule has 4 aromatic rings.